The minimum atomic E-state index is -1.53. The summed E-state index contributed by atoms with van der Waals surface area (Å²) >= 11 is 0. The number of ether oxygens (including phenoxy) is 4. The molecule has 3 radical (unpaired) electrons. The standard InChI is InChI=1S/C44H75N4O11/c1-37(2)19-27(20-38(3,4)45-37)58-35(51)31(17-33(49)56-28-21-39(5,6)46(53)40(7,8)22-28)32(36(52)59-30-25-43(13,14)48(55)44(15,16)26-30)18-34(50)57-29-23-41(9,10)47(54)42(11,12)24-29/h27-32,45H,17-26H2,1-16H3. The molecular weight excluding hydrogens is 761 g/mol. The highest BCUT2D eigenvalue weighted by Crippen LogP contribution is 2.42. The van der Waals surface area contributed by atoms with Gasteiger partial charge in [-0.15, -0.1) is 30.8 Å². The molecule has 2 unspecified atom stereocenters. The molecule has 4 saturated heterocycles. The van der Waals surface area contributed by atoms with Gasteiger partial charge in [-0.1, -0.05) is 0 Å². The van der Waals surface area contributed by atoms with Gasteiger partial charge in [0, 0.05) is 95.7 Å². The molecule has 4 rings (SSSR count). The number of nitrogens with one attached hydrogen (secondary N) is 1. The van der Waals surface area contributed by atoms with Crippen LogP contribution < -0.4 is 5.32 Å². The third-order valence-electron chi connectivity index (χ3n) is 12.8. The first-order valence-electron chi connectivity index (χ1n) is 21.5. The smallest absolute Gasteiger partial charge is 0.310 e. The number of hydrogen-bond donors (Lipinski definition) is 1. The summed E-state index contributed by atoms with van der Waals surface area (Å²) < 4.78 is 24.4. The molecule has 15 heteroatoms. The summed E-state index contributed by atoms with van der Waals surface area (Å²) in [5, 5.41) is 46.0. The van der Waals surface area contributed by atoms with Gasteiger partial charge in [0.25, 0.3) is 0 Å². The molecule has 4 heterocycles. The Morgan fingerprint density at radius 3 is 0.898 bits per heavy atom. The van der Waals surface area contributed by atoms with E-state index in [4.69, 9.17) is 18.9 Å². The van der Waals surface area contributed by atoms with Crippen molar-refractivity contribution in [1.29, 1.82) is 0 Å². The van der Waals surface area contributed by atoms with Crippen molar-refractivity contribution in [3.8, 4) is 0 Å². The van der Waals surface area contributed by atoms with Crippen molar-refractivity contribution >= 4 is 23.9 Å². The monoisotopic (exact) mass is 836 g/mol. The predicted molar refractivity (Wildman–Crippen MR) is 216 cm³/mol. The minimum absolute atomic E-state index is 0.196. The van der Waals surface area contributed by atoms with Crippen LogP contribution in [-0.2, 0) is 53.7 Å². The van der Waals surface area contributed by atoms with E-state index in [2.05, 4.69) is 5.32 Å². The van der Waals surface area contributed by atoms with Crippen LogP contribution in [0.3, 0.4) is 0 Å². The van der Waals surface area contributed by atoms with Gasteiger partial charge in [0.05, 0.1) is 24.7 Å². The second-order valence-electron chi connectivity index (χ2n) is 23.2. The van der Waals surface area contributed by atoms with E-state index in [1.165, 1.54) is 0 Å². The summed E-state index contributed by atoms with van der Waals surface area (Å²) in [5.41, 5.74) is -5.99. The molecule has 15 nitrogen and oxygen atoms in total. The van der Waals surface area contributed by atoms with E-state index < -0.39 is 117 Å². The Balaban J connectivity index is 1.71. The van der Waals surface area contributed by atoms with Gasteiger partial charge < -0.3 is 24.3 Å². The lowest BCUT2D eigenvalue weighted by Gasteiger charge is -2.49. The topological polar surface area (TPSA) is 187 Å². The number of hydrogen-bond acceptors (Lipinski definition) is 12. The van der Waals surface area contributed by atoms with Gasteiger partial charge in [-0.05, 0) is 111 Å². The summed E-state index contributed by atoms with van der Waals surface area (Å²) in [6.07, 6.45) is -1.58. The Bertz CT molecular complexity index is 1500. The normalized spacial score (nSPS) is 28.2. The summed E-state index contributed by atoms with van der Waals surface area (Å²) in [5.74, 6) is -6.36. The van der Waals surface area contributed by atoms with Gasteiger partial charge in [0.2, 0.25) is 0 Å². The quantitative estimate of drug-likeness (QED) is 0.174. The molecule has 4 aliphatic heterocycles. The van der Waals surface area contributed by atoms with Gasteiger partial charge in [0.1, 0.15) is 24.4 Å². The summed E-state index contributed by atoms with van der Waals surface area (Å²) in [4.78, 5) is 57.4. The molecule has 0 aliphatic carbocycles. The third-order valence-corrected chi connectivity index (χ3v) is 12.8. The van der Waals surface area contributed by atoms with Gasteiger partial charge in [-0.25, -0.2) is 0 Å². The van der Waals surface area contributed by atoms with Crippen LogP contribution in [0.2, 0.25) is 0 Å². The Morgan fingerprint density at radius 1 is 0.424 bits per heavy atom. The molecule has 2 atom stereocenters. The molecule has 0 spiro atoms. The van der Waals surface area contributed by atoms with E-state index >= 15 is 0 Å². The molecule has 0 saturated carbocycles. The van der Waals surface area contributed by atoms with Crippen LogP contribution in [-0.4, -0.2) is 108 Å². The highest BCUT2D eigenvalue weighted by molar-refractivity contribution is 5.88. The lowest BCUT2D eigenvalue weighted by atomic mass is 9.79. The number of piperidine rings is 4. The van der Waals surface area contributed by atoms with E-state index in [1.807, 2.05) is 27.7 Å². The molecular formula is C44H75N4O11. The highest BCUT2D eigenvalue weighted by atomic mass is 16.6. The molecule has 1 N–H and O–H groups in total. The van der Waals surface area contributed by atoms with E-state index in [0.29, 0.717) is 12.8 Å². The van der Waals surface area contributed by atoms with Crippen molar-refractivity contribution in [2.75, 3.05) is 0 Å². The zero-order chi connectivity index (χ0) is 45.1. The number of nitrogens with zero attached hydrogens (tertiary/aromatic N) is 3. The van der Waals surface area contributed by atoms with Crippen molar-refractivity contribution in [1.82, 2.24) is 20.5 Å². The van der Waals surface area contributed by atoms with Crippen LogP contribution in [0.15, 0.2) is 0 Å². The number of hydroxylamine groups is 6. The van der Waals surface area contributed by atoms with Crippen LogP contribution >= 0.6 is 0 Å². The first-order valence-corrected chi connectivity index (χ1v) is 21.5. The average molecular weight is 836 g/mol. The maximum atomic E-state index is 14.6. The van der Waals surface area contributed by atoms with Crippen LogP contribution in [0, 0.1) is 11.8 Å². The average Bonchev–Trinajstić information content (AvgIpc) is 3.00. The van der Waals surface area contributed by atoms with Crippen LogP contribution in [0.1, 0.15) is 175 Å². The van der Waals surface area contributed by atoms with Gasteiger partial charge in [-0.3, -0.25) is 19.2 Å². The Morgan fingerprint density at radius 2 is 0.644 bits per heavy atom. The lowest BCUT2D eigenvalue weighted by molar-refractivity contribution is -0.300. The maximum Gasteiger partial charge on any atom is 0.310 e. The van der Waals surface area contributed by atoms with Crippen molar-refractivity contribution in [3.63, 3.8) is 0 Å². The number of rotatable bonds is 11. The number of esters is 4. The van der Waals surface area contributed by atoms with E-state index in [-0.39, 0.29) is 38.5 Å². The van der Waals surface area contributed by atoms with Crippen LogP contribution in [0.25, 0.3) is 0 Å². The summed E-state index contributed by atoms with van der Waals surface area (Å²) in [6.45, 7) is 29.3. The molecule has 0 aromatic carbocycles. The largest absolute Gasteiger partial charge is 0.462 e. The molecule has 0 aromatic heterocycles. The van der Waals surface area contributed by atoms with Crippen molar-refractivity contribution in [2.45, 2.75) is 244 Å². The van der Waals surface area contributed by atoms with E-state index in [1.54, 1.807) is 83.1 Å². The summed E-state index contributed by atoms with van der Waals surface area (Å²) in [7, 11) is 0. The van der Waals surface area contributed by atoms with Crippen LogP contribution in [0.4, 0.5) is 0 Å². The van der Waals surface area contributed by atoms with Crippen molar-refractivity contribution in [2.24, 2.45) is 11.8 Å². The fraction of sp³-hybridized carbons (Fsp3) is 0.909. The highest BCUT2D eigenvalue weighted by Gasteiger charge is 2.52. The maximum absolute atomic E-state index is 14.6. The summed E-state index contributed by atoms with van der Waals surface area (Å²) in [6, 6.07) is 0. The third kappa shape index (κ3) is 12.0. The van der Waals surface area contributed by atoms with Crippen LogP contribution in [0.5, 0.6) is 0 Å². The van der Waals surface area contributed by atoms with E-state index in [0.717, 1.165) is 15.2 Å². The number of carbonyl (C=O) groups excluding carboxylic acids is 4. The zero-order valence-corrected chi connectivity index (χ0v) is 38.9. The first kappa shape index (κ1) is 49.3. The molecule has 337 valence electrons. The van der Waals surface area contributed by atoms with E-state index in [9.17, 15) is 34.8 Å². The minimum Gasteiger partial charge on any atom is -0.462 e. The number of carbonyl (C=O) groups is 4. The fourth-order valence-electron chi connectivity index (χ4n) is 11.2. The molecule has 0 amide bonds. The molecule has 0 bridgehead atoms. The van der Waals surface area contributed by atoms with Gasteiger partial charge >= 0.3 is 23.9 Å². The Kier molecular flexibility index (Phi) is 13.9. The zero-order valence-electron chi connectivity index (χ0n) is 38.9. The molecule has 4 fully saturated rings. The molecule has 59 heavy (non-hydrogen) atoms. The second kappa shape index (κ2) is 16.7. The van der Waals surface area contributed by atoms with Gasteiger partial charge in [-0.2, -0.15) is 0 Å². The van der Waals surface area contributed by atoms with Crippen molar-refractivity contribution < 1.29 is 53.7 Å². The first-order chi connectivity index (χ1) is 26.5. The van der Waals surface area contributed by atoms with Gasteiger partial charge in [0.15, 0.2) is 0 Å². The lowest BCUT2D eigenvalue weighted by Crippen LogP contribution is -2.60. The predicted octanol–water partition coefficient (Wildman–Crippen LogP) is 6.58. The Hall–Kier alpha value is -2.40. The second-order valence-corrected chi connectivity index (χ2v) is 23.2. The Labute approximate surface area is 353 Å². The fourth-order valence-corrected chi connectivity index (χ4v) is 11.2. The molecule has 0 aromatic rings. The SMILES string of the molecule is CC1(C)CC(OC(=O)C(CC(=O)OC2CC(C)(C)N([O])C(C)(C)C2)C(CC(=O)OC2CC(C)(C)N([O])C(C)(C)C2)C(=O)OC2CC(C)(C)N([O])C(C)(C)C2)CC(C)(C)N1. The molecule has 4 aliphatic rings. The van der Waals surface area contributed by atoms with Crippen molar-refractivity contribution in [3.05, 3.63) is 0 Å².